The van der Waals surface area contributed by atoms with Crippen LogP contribution in [0.1, 0.15) is 19.3 Å². The lowest BCUT2D eigenvalue weighted by Crippen LogP contribution is -2.36. The maximum Gasteiger partial charge on any atom is 0.228 e. The predicted molar refractivity (Wildman–Crippen MR) is 72.2 cm³/mol. The molecule has 0 bridgehead atoms. The van der Waals surface area contributed by atoms with Crippen molar-refractivity contribution in [3.63, 3.8) is 0 Å². The summed E-state index contributed by atoms with van der Waals surface area (Å²) < 4.78 is 0. The molecule has 3 rings (SSSR count). The van der Waals surface area contributed by atoms with Crippen molar-refractivity contribution in [3.05, 3.63) is 12.3 Å². The minimum atomic E-state index is 0.195. The van der Waals surface area contributed by atoms with Gasteiger partial charge in [0.25, 0.3) is 0 Å². The lowest BCUT2D eigenvalue weighted by molar-refractivity contribution is -0.119. The van der Waals surface area contributed by atoms with Crippen LogP contribution in [-0.2, 0) is 4.79 Å². The Balaban J connectivity index is 1.93. The van der Waals surface area contributed by atoms with E-state index in [1.54, 1.807) is 0 Å². The van der Waals surface area contributed by atoms with Crippen LogP contribution in [0, 0.1) is 0 Å². The minimum absolute atomic E-state index is 0.195. The van der Waals surface area contributed by atoms with Crippen LogP contribution in [0.3, 0.4) is 0 Å². The van der Waals surface area contributed by atoms with Crippen molar-refractivity contribution < 1.29 is 4.79 Å². The summed E-state index contributed by atoms with van der Waals surface area (Å²) in [6.07, 6.45) is 4.55. The summed E-state index contributed by atoms with van der Waals surface area (Å²) in [5, 5.41) is 3.33. The molecule has 3 heterocycles. The average molecular weight is 246 g/mol. The van der Waals surface area contributed by atoms with E-state index in [0.717, 1.165) is 49.7 Å². The third kappa shape index (κ3) is 1.89. The highest BCUT2D eigenvalue weighted by atomic mass is 16.2. The number of rotatable bonds is 1. The molecule has 2 aliphatic heterocycles. The third-order valence-corrected chi connectivity index (χ3v) is 3.64. The largest absolute Gasteiger partial charge is 0.380 e. The first kappa shape index (κ1) is 11.3. The molecule has 1 aromatic heterocycles. The van der Waals surface area contributed by atoms with Gasteiger partial charge in [0, 0.05) is 39.2 Å². The van der Waals surface area contributed by atoms with E-state index in [-0.39, 0.29) is 5.91 Å². The molecule has 0 radical (unpaired) electrons. The van der Waals surface area contributed by atoms with Gasteiger partial charge in [-0.25, -0.2) is 4.98 Å². The van der Waals surface area contributed by atoms with Crippen LogP contribution < -0.4 is 15.1 Å². The van der Waals surface area contributed by atoms with E-state index in [0.29, 0.717) is 6.42 Å². The number of carbonyl (C=O) groups excluding carboxylic acids is 1. The summed E-state index contributed by atoms with van der Waals surface area (Å²) in [6.45, 7) is 2.71. The second-order valence-electron chi connectivity index (χ2n) is 4.91. The van der Waals surface area contributed by atoms with Gasteiger partial charge in [-0.15, -0.1) is 0 Å². The summed E-state index contributed by atoms with van der Waals surface area (Å²) in [4.78, 5) is 20.3. The quantitative estimate of drug-likeness (QED) is 0.815. The topological polar surface area (TPSA) is 48.5 Å². The van der Waals surface area contributed by atoms with Crippen molar-refractivity contribution in [2.75, 3.05) is 41.8 Å². The van der Waals surface area contributed by atoms with Crippen molar-refractivity contribution >= 4 is 23.1 Å². The number of carbonyl (C=O) groups is 1. The molecule has 96 valence electrons. The molecule has 0 aromatic carbocycles. The van der Waals surface area contributed by atoms with E-state index in [2.05, 4.69) is 22.2 Å². The number of likely N-dealkylation sites (N-methyl/N-ethyl adjacent to an activating group) is 1. The zero-order valence-electron chi connectivity index (χ0n) is 10.6. The van der Waals surface area contributed by atoms with Gasteiger partial charge in [0.15, 0.2) is 0 Å². The Labute approximate surface area is 107 Å². The molecule has 0 saturated carbocycles. The van der Waals surface area contributed by atoms with Gasteiger partial charge >= 0.3 is 0 Å². The number of hydrogen-bond acceptors (Lipinski definition) is 4. The van der Waals surface area contributed by atoms with Crippen LogP contribution in [0.2, 0.25) is 0 Å². The first-order valence-corrected chi connectivity index (χ1v) is 6.51. The van der Waals surface area contributed by atoms with E-state index in [4.69, 9.17) is 0 Å². The number of aromatic nitrogens is 1. The number of pyridine rings is 1. The summed E-state index contributed by atoms with van der Waals surface area (Å²) >= 11 is 0. The monoisotopic (exact) mass is 246 g/mol. The highest BCUT2D eigenvalue weighted by Gasteiger charge is 2.23. The van der Waals surface area contributed by atoms with E-state index in [1.807, 2.05) is 17.2 Å². The fourth-order valence-electron chi connectivity index (χ4n) is 2.56. The molecule has 1 N–H and O–H groups in total. The number of fused-ring (bicyclic) bond motifs is 1. The van der Waals surface area contributed by atoms with Crippen molar-refractivity contribution in [1.29, 1.82) is 0 Å². The van der Waals surface area contributed by atoms with Crippen molar-refractivity contribution in [3.8, 4) is 0 Å². The van der Waals surface area contributed by atoms with Crippen LogP contribution in [0.4, 0.5) is 17.2 Å². The molecule has 18 heavy (non-hydrogen) atoms. The van der Waals surface area contributed by atoms with Crippen molar-refractivity contribution in [1.82, 2.24) is 4.98 Å². The maximum absolute atomic E-state index is 11.9. The molecule has 0 spiro atoms. The number of nitrogens with one attached hydrogen (secondary N) is 1. The zero-order chi connectivity index (χ0) is 12.5. The summed E-state index contributed by atoms with van der Waals surface area (Å²) in [5.41, 5.74) is 2.18. The fourth-order valence-corrected chi connectivity index (χ4v) is 2.56. The van der Waals surface area contributed by atoms with Gasteiger partial charge in [-0.05, 0) is 12.8 Å². The smallest absolute Gasteiger partial charge is 0.228 e. The Morgan fingerprint density at radius 3 is 3.06 bits per heavy atom. The van der Waals surface area contributed by atoms with Gasteiger partial charge in [-0.3, -0.25) is 9.69 Å². The second-order valence-corrected chi connectivity index (χ2v) is 4.91. The normalized spacial score (nSPS) is 19.5. The number of anilines is 3. The second kappa shape index (κ2) is 4.48. The number of nitrogens with zero attached hydrogens (tertiary/aromatic N) is 3. The fraction of sp³-hybridized carbons (Fsp3) is 0.538. The molecule has 1 aromatic rings. The molecule has 5 heteroatoms. The molecule has 0 atom stereocenters. The van der Waals surface area contributed by atoms with Crippen molar-refractivity contribution in [2.45, 2.75) is 19.3 Å². The highest BCUT2D eigenvalue weighted by Crippen LogP contribution is 2.31. The number of hydrogen-bond donors (Lipinski definition) is 1. The maximum atomic E-state index is 11.9. The lowest BCUT2D eigenvalue weighted by atomic mass is 10.1. The van der Waals surface area contributed by atoms with Crippen molar-refractivity contribution in [2.24, 2.45) is 0 Å². The first-order valence-electron chi connectivity index (χ1n) is 6.51. The van der Waals surface area contributed by atoms with Crippen LogP contribution >= 0.6 is 0 Å². The van der Waals surface area contributed by atoms with Crippen LogP contribution in [0.5, 0.6) is 0 Å². The molecule has 2 aliphatic rings. The molecule has 1 saturated heterocycles. The van der Waals surface area contributed by atoms with Crippen LogP contribution in [0.15, 0.2) is 12.3 Å². The third-order valence-electron chi connectivity index (χ3n) is 3.64. The van der Waals surface area contributed by atoms with Gasteiger partial charge in [0.2, 0.25) is 5.91 Å². The first-order chi connectivity index (χ1) is 8.75. The Hall–Kier alpha value is -1.78. The molecular formula is C13H18N4O. The molecule has 1 fully saturated rings. The summed E-state index contributed by atoms with van der Waals surface area (Å²) in [6, 6.07) is 2.02. The summed E-state index contributed by atoms with van der Waals surface area (Å²) in [7, 11) is 2.07. The summed E-state index contributed by atoms with van der Waals surface area (Å²) in [5.74, 6) is 0.981. The Bertz CT molecular complexity index is 474. The standard InChI is InChI=1S/C13H18N4O/c1-16-7-5-14-10-9-15-12(8-11(10)16)17-6-3-2-4-13(17)18/h8-9,14H,2-7H2,1H3. The number of amides is 1. The Morgan fingerprint density at radius 2 is 2.22 bits per heavy atom. The highest BCUT2D eigenvalue weighted by molar-refractivity contribution is 5.94. The minimum Gasteiger partial charge on any atom is -0.380 e. The van der Waals surface area contributed by atoms with E-state index in [1.165, 1.54) is 0 Å². The Kier molecular flexibility index (Phi) is 2.81. The molecule has 0 aliphatic carbocycles. The predicted octanol–water partition coefficient (Wildman–Crippen LogP) is 1.46. The van der Waals surface area contributed by atoms with Gasteiger partial charge in [-0.2, -0.15) is 0 Å². The average Bonchev–Trinajstić information content (AvgIpc) is 2.40. The van der Waals surface area contributed by atoms with Gasteiger partial charge < -0.3 is 10.2 Å². The van der Waals surface area contributed by atoms with Crippen LogP contribution in [-0.4, -0.2) is 37.6 Å². The van der Waals surface area contributed by atoms with Gasteiger partial charge in [-0.1, -0.05) is 0 Å². The Morgan fingerprint density at radius 1 is 1.33 bits per heavy atom. The van der Waals surface area contributed by atoms with Gasteiger partial charge in [0.05, 0.1) is 17.6 Å². The molecule has 1 amide bonds. The van der Waals surface area contributed by atoms with E-state index in [9.17, 15) is 4.79 Å². The zero-order valence-corrected chi connectivity index (χ0v) is 10.6. The SMILES string of the molecule is CN1CCNc2cnc(N3CCCCC3=O)cc21. The lowest BCUT2D eigenvalue weighted by Gasteiger charge is -2.31. The van der Waals surface area contributed by atoms with E-state index >= 15 is 0 Å². The molecule has 0 unspecified atom stereocenters. The van der Waals surface area contributed by atoms with E-state index < -0.39 is 0 Å². The number of piperidine rings is 1. The molecule has 5 nitrogen and oxygen atoms in total. The van der Waals surface area contributed by atoms with Crippen LogP contribution in [0.25, 0.3) is 0 Å². The molecular weight excluding hydrogens is 228 g/mol. The van der Waals surface area contributed by atoms with Gasteiger partial charge in [0.1, 0.15) is 5.82 Å².